The van der Waals surface area contributed by atoms with Crippen LogP contribution in [0.5, 0.6) is 0 Å². The van der Waals surface area contributed by atoms with Crippen molar-refractivity contribution in [1.82, 2.24) is 24.9 Å². The van der Waals surface area contributed by atoms with Gasteiger partial charge in [0, 0.05) is 44.3 Å². The first kappa shape index (κ1) is 32.8. The lowest BCUT2D eigenvalue weighted by Gasteiger charge is -2.61. The number of Topliss-reactive ketones (excluding diaryl/α,β-unsaturated/α-hetero) is 1. The average molecular weight is 684 g/mol. The van der Waals surface area contributed by atoms with E-state index in [4.69, 9.17) is 14.2 Å². The number of nitrogens with one attached hydrogen (secondary N) is 1. The molecule has 6 heterocycles. The number of amides is 2. The van der Waals surface area contributed by atoms with E-state index in [-0.39, 0.29) is 59.9 Å². The molecule has 11 nitrogen and oxygen atoms in total. The zero-order valence-corrected chi connectivity index (χ0v) is 28.8. The van der Waals surface area contributed by atoms with Crippen LogP contribution in [-0.4, -0.2) is 151 Å². The minimum absolute atomic E-state index is 0.0250. The summed E-state index contributed by atoms with van der Waals surface area (Å²) in [4.78, 5) is 49.5. The van der Waals surface area contributed by atoms with Crippen LogP contribution in [0.15, 0.2) is 11.8 Å². The number of halogens is 1. The normalized spacial score (nSPS) is 44.0. The van der Waals surface area contributed by atoms with Crippen molar-refractivity contribution in [3.63, 3.8) is 0 Å². The van der Waals surface area contributed by atoms with Gasteiger partial charge in [0.05, 0.1) is 67.9 Å². The van der Waals surface area contributed by atoms with E-state index in [9.17, 15) is 14.4 Å². The van der Waals surface area contributed by atoms with Gasteiger partial charge in [-0.05, 0) is 76.3 Å². The molecule has 270 valence electrons. The maximum absolute atomic E-state index is 16.7. The van der Waals surface area contributed by atoms with Crippen molar-refractivity contribution in [3.8, 4) is 0 Å². The second-order valence-electron chi connectivity index (χ2n) is 16.5. The van der Waals surface area contributed by atoms with Crippen LogP contribution < -0.4 is 5.32 Å². The first-order valence-electron chi connectivity index (χ1n) is 19.5. The molecule has 9 aliphatic rings. The molecule has 3 saturated carbocycles. The van der Waals surface area contributed by atoms with E-state index < -0.39 is 24.2 Å². The molecule has 0 bridgehead atoms. The van der Waals surface area contributed by atoms with Crippen molar-refractivity contribution < 1.29 is 33.0 Å². The Hall–Kier alpha value is -2.12. The van der Waals surface area contributed by atoms with E-state index in [2.05, 4.69) is 20.0 Å². The van der Waals surface area contributed by atoms with Crippen LogP contribution in [0.25, 0.3) is 0 Å². The van der Waals surface area contributed by atoms with Gasteiger partial charge in [0.2, 0.25) is 5.91 Å². The predicted octanol–water partition coefficient (Wildman–Crippen LogP) is 1.89. The number of fused-ring (bicyclic) bond motifs is 5. The van der Waals surface area contributed by atoms with E-state index >= 15 is 4.39 Å². The molecule has 2 amide bonds. The van der Waals surface area contributed by atoms with Gasteiger partial charge in [-0.15, -0.1) is 0 Å². The van der Waals surface area contributed by atoms with Crippen molar-refractivity contribution in [1.29, 1.82) is 0 Å². The first-order chi connectivity index (χ1) is 23.9. The summed E-state index contributed by atoms with van der Waals surface area (Å²) in [7, 11) is 0. The van der Waals surface area contributed by atoms with Gasteiger partial charge in [-0.25, -0.2) is 4.39 Å². The summed E-state index contributed by atoms with van der Waals surface area (Å²) in [5.74, 6) is -0.118. The Morgan fingerprint density at radius 2 is 1.65 bits per heavy atom. The number of rotatable bonds is 5. The Labute approximate surface area is 289 Å². The molecule has 0 radical (unpaired) electrons. The van der Waals surface area contributed by atoms with Gasteiger partial charge < -0.3 is 29.3 Å². The third-order valence-corrected chi connectivity index (χ3v) is 13.8. The van der Waals surface area contributed by atoms with Crippen LogP contribution in [0, 0.1) is 17.8 Å². The van der Waals surface area contributed by atoms with Crippen molar-refractivity contribution in [2.24, 2.45) is 17.8 Å². The van der Waals surface area contributed by atoms with Crippen LogP contribution in [0.2, 0.25) is 0 Å². The number of ether oxygens (including phenoxy) is 3. The van der Waals surface area contributed by atoms with Gasteiger partial charge in [0.15, 0.2) is 5.78 Å². The molecule has 0 spiro atoms. The van der Waals surface area contributed by atoms with Crippen molar-refractivity contribution in [2.75, 3.05) is 59.0 Å². The number of alkyl halides is 1. The molecule has 49 heavy (non-hydrogen) atoms. The number of ketones is 1. The molecular weight excluding hydrogens is 629 g/mol. The molecule has 0 aromatic heterocycles. The lowest BCUT2D eigenvalue weighted by atomic mass is 9.67. The summed E-state index contributed by atoms with van der Waals surface area (Å²) >= 11 is 0. The monoisotopic (exact) mass is 683 g/mol. The zero-order chi connectivity index (χ0) is 33.2. The Balaban J connectivity index is 0.981. The van der Waals surface area contributed by atoms with E-state index in [1.807, 2.05) is 6.20 Å². The van der Waals surface area contributed by atoms with Crippen LogP contribution in [0.1, 0.15) is 70.6 Å². The second kappa shape index (κ2) is 13.5. The smallest absolute Gasteiger partial charge is 0.259 e. The van der Waals surface area contributed by atoms with E-state index in [0.717, 1.165) is 51.6 Å². The molecule has 12 heteroatoms. The van der Waals surface area contributed by atoms with E-state index in [1.54, 1.807) is 4.90 Å². The van der Waals surface area contributed by atoms with E-state index in [1.165, 1.54) is 25.7 Å². The fourth-order valence-corrected chi connectivity index (χ4v) is 11.5. The third-order valence-electron chi connectivity index (χ3n) is 13.8. The molecule has 12 atom stereocenters. The number of morpholine rings is 2. The fraction of sp³-hybridized carbons (Fsp3) is 0.865. The van der Waals surface area contributed by atoms with Gasteiger partial charge in [-0.2, -0.15) is 0 Å². The minimum Gasteiger partial charge on any atom is -0.378 e. The minimum atomic E-state index is -1.27. The Kier molecular flexibility index (Phi) is 9.00. The summed E-state index contributed by atoms with van der Waals surface area (Å²) in [6, 6.07) is -0.899. The highest BCUT2D eigenvalue weighted by atomic mass is 19.1. The molecule has 9 rings (SSSR count). The topological polar surface area (TPSA) is 104 Å². The molecule has 0 aromatic carbocycles. The van der Waals surface area contributed by atoms with Crippen molar-refractivity contribution >= 4 is 17.6 Å². The summed E-state index contributed by atoms with van der Waals surface area (Å²) in [6.07, 6.45) is 11.2. The summed E-state index contributed by atoms with van der Waals surface area (Å²) < 4.78 is 36.1. The second-order valence-corrected chi connectivity index (χ2v) is 16.5. The highest BCUT2D eigenvalue weighted by Gasteiger charge is 2.62. The van der Waals surface area contributed by atoms with E-state index in [0.29, 0.717) is 63.9 Å². The summed E-state index contributed by atoms with van der Waals surface area (Å²) in [6.45, 7) is 5.44. The Morgan fingerprint density at radius 1 is 0.837 bits per heavy atom. The van der Waals surface area contributed by atoms with Crippen molar-refractivity contribution in [2.45, 2.75) is 125 Å². The molecule has 8 fully saturated rings. The van der Waals surface area contributed by atoms with Gasteiger partial charge >= 0.3 is 0 Å². The molecule has 3 aliphatic carbocycles. The number of hydrogen-bond donors (Lipinski definition) is 1. The van der Waals surface area contributed by atoms with Crippen LogP contribution >= 0.6 is 0 Å². The molecular formula is C37H54FN5O6. The number of carbonyl (C=O) groups is 3. The maximum Gasteiger partial charge on any atom is 0.259 e. The number of nitrogens with zero attached hydrogens (tertiary/aromatic N) is 4. The largest absolute Gasteiger partial charge is 0.378 e. The SMILES string of the molecule is O=C(CN1CCCCC1)N[C@@H]1CCN(C2C(F)CC3C(=O)C(C(=O)N4CCOCC4)=CN4C5CC6OC7CCCCC7C6CC5OC2C34)C1. The quantitative estimate of drug-likeness (QED) is 0.436. The molecule has 11 unspecified atom stereocenters. The van der Waals surface area contributed by atoms with Gasteiger partial charge in [-0.3, -0.25) is 24.2 Å². The van der Waals surface area contributed by atoms with Gasteiger partial charge in [-0.1, -0.05) is 19.3 Å². The fourth-order valence-electron chi connectivity index (χ4n) is 11.5. The first-order valence-corrected chi connectivity index (χ1v) is 19.5. The van der Waals surface area contributed by atoms with Crippen LogP contribution in [0.3, 0.4) is 0 Å². The van der Waals surface area contributed by atoms with Gasteiger partial charge in [0.25, 0.3) is 5.91 Å². The Morgan fingerprint density at radius 3 is 2.49 bits per heavy atom. The number of piperidine rings is 1. The summed E-state index contributed by atoms with van der Waals surface area (Å²) in [5, 5.41) is 3.25. The number of hydrogen-bond acceptors (Lipinski definition) is 9. The van der Waals surface area contributed by atoms with Crippen molar-refractivity contribution in [3.05, 3.63) is 11.8 Å². The Bertz CT molecular complexity index is 1320. The maximum atomic E-state index is 16.7. The lowest BCUT2D eigenvalue weighted by Crippen LogP contribution is -2.73. The third kappa shape index (κ3) is 5.95. The highest BCUT2D eigenvalue weighted by molar-refractivity contribution is 6.20. The lowest BCUT2D eigenvalue weighted by molar-refractivity contribution is -0.220. The van der Waals surface area contributed by atoms with Crippen LogP contribution in [0.4, 0.5) is 4.39 Å². The number of likely N-dealkylation sites (tertiary alicyclic amines) is 2. The predicted molar refractivity (Wildman–Crippen MR) is 177 cm³/mol. The van der Waals surface area contributed by atoms with Crippen LogP contribution in [-0.2, 0) is 28.6 Å². The highest BCUT2D eigenvalue weighted by Crippen LogP contribution is 2.53. The van der Waals surface area contributed by atoms with Gasteiger partial charge in [0.1, 0.15) is 6.17 Å². The average Bonchev–Trinajstić information content (AvgIpc) is 3.72. The summed E-state index contributed by atoms with van der Waals surface area (Å²) in [5.41, 5.74) is 0.189. The molecule has 0 aromatic rings. The molecule has 5 saturated heterocycles. The molecule has 6 aliphatic heterocycles. The number of carbonyl (C=O) groups excluding carboxylic acids is 3. The standard InChI is InChI=1S/C37H54FN5O6/c38-27-16-25-33-36(34(27)42-11-8-22(19-42)39-32(44)21-40-9-4-1-5-10-40)49-31-17-24-23-6-2-3-7-29(23)48-30(24)18-28(31)43(33)20-26(35(25)45)37(46)41-12-14-47-15-13-41/h20,22-25,27-31,33-34,36H,1-19,21H2,(H,39,44)/t22-,23?,24?,25?,27?,28?,29?,30?,31?,33?,34?,36?/m1/s1. The zero-order valence-electron chi connectivity index (χ0n) is 28.8. The molecule has 1 N–H and O–H groups in total.